The van der Waals surface area contributed by atoms with Crippen LogP contribution in [-0.4, -0.2) is 22.8 Å². The highest BCUT2D eigenvalue weighted by Gasteiger charge is 2.66. The standard InChI is InChI=1S/C9H12O3/c10-6-3-9(6)5-8(1-2-8)4-7(11)12-9/h6,10H,1-5H2/t6?,9-/m1/s1. The molecule has 2 spiro atoms. The van der Waals surface area contributed by atoms with E-state index in [0.717, 1.165) is 19.3 Å². The third-order valence-electron chi connectivity index (χ3n) is 3.45. The smallest absolute Gasteiger partial charge is 0.306 e. The lowest BCUT2D eigenvalue weighted by Crippen LogP contribution is -2.34. The zero-order valence-corrected chi connectivity index (χ0v) is 6.88. The molecular formula is C9H12O3. The Kier molecular flexibility index (Phi) is 0.971. The lowest BCUT2D eigenvalue weighted by atomic mass is 9.90. The van der Waals surface area contributed by atoms with Crippen LogP contribution in [0.15, 0.2) is 0 Å². The first-order chi connectivity index (χ1) is 5.64. The van der Waals surface area contributed by atoms with Gasteiger partial charge in [-0.2, -0.15) is 0 Å². The van der Waals surface area contributed by atoms with Crippen molar-refractivity contribution >= 4 is 5.97 Å². The van der Waals surface area contributed by atoms with E-state index >= 15 is 0 Å². The number of hydrogen-bond acceptors (Lipinski definition) is 3. The minimum atomic E-state index is -0.439. The fourth-order valence-electron chi connectivity index (χ4n) is 2.40. The molecule has 3 aliphatic rings. The van der Waals surface area contributed by atoms with E-state index in [4.69, 9.17) is 4.74 Å². The molecule has 0 radical (unpaired) electrons. The van der Waals surface area contributed by atoms with E-state index in [1.807, 2.05) is 0 Å². The molecule has 3 rings (SSSR count). The van der Waals surface area contributed by atoms with Crippen molar-refractivity contribution < 1.29 is 14.6 Å². The molecule has 66 valence electrons. The molecule has 1 heterocycles. The Balaban J connectivity index is 1.85. The van der Waals surface area contributed by atoms with Crippen LogP contribution in [0.5, 0.6) is 0 Å². The van der Waals surface area contributed by atoms with Crippen LogP contribution in [0.2, 0.25) is 0 Å². The normalized spacial score (nSPS) is 47.8. The molecule has 0 aromatic carbocycles. The largest absolute Gasteiger partial charge is 0.456 e. The van der Waals surface area contributed by atoms with Gasteiger partial charge in [-0.3, -0.25) is 4.79 Å². The van der Waals surface area contributed by atoms with Crippen molar-refractivity contribution in [3.05, 3.63) is 0 Å². The summed E-state index contributed by atoms with van der Waals surface area (Å²) in [4.78, 5) is 11.2. The maximum absolute atomic E-state index is 11.2. The van der Waals surface area contributed by atoms with Crippen molar-refractivity contribution in [2.75, 3.05) is 0 Å². The SMILES string of the molecule is O=C1CC2(CC2)C[C@@]2(CC2O)O1. The van der Waals surface area contributed by atoms with Gasteiger partial charge in [-0.25, -0.2) is 0 Å². The Morgan fingerprint density at radius 1 is 1.50 bits per heavy atom. The molecule has 2 atom stereocenters. The summed E-state index contributed by atoms with van der Waals surface area (Å²) in [5.74, 6) is -0.102. The van der Waals surface area contributed by atoms with Gasteiger partial charge in [0.15, 0.2) is 0 Å². The Hall–Kier alpha value is -0.570. The van der Waals surface area contributed by atoms with E-state index < -0.39 is 5.60 Å². The highest BCUT2D eigenvalue weighted by molar-refractivity contribution is 5.73. The third-order valence-corrected chi connectivity index (χ3v) is 3.45. The quantitative estimate of drug-likeness (QED) is 0.539. The monoisotopic (exact) mass is 168 g/mol. The fourth-order valence-corrected chi connectivity index (χ4v) is 2.40. The summed E-state index contributed by atoms with van der Waals surface area (Å²) in [6, 6.07) is 0. The molecule has 1 saturated heterocycles. The zero-order valence-electron chi connectivity index (χ0n) is 6.88. The van der Waals surface area contributed by atoms with Crippen LogP contribution in [0, 0.1) is 5.41 Å². The Bertz CT molecular complexity index is 256. The second-order valence-electron chi connectivity index (χ2n) is 4.61. The second kappa shape index (κ2) is 1.69. The van der Waals surface area contributed by atoms with Gasteiger partial charge >= 0.3 is 5.97 Å². The van der Waals surface area contributed by atoms with E-state index in [-0.39, 0.29) is 17.5 Å². The van der Waals surface area contributed by atoms with Gasteiger partial charge in [0, 0.05) is 6.42 Å². The summed E-state index contributed by atoms with van der Waals surface area (Å²) in [6.45, 7) is 0. The summed E-state index contributed by atoms with van der Waals surface area (Å²) in [5.41, 5.74) is -0.196. The zero-order chi connectivity index (χ0) is 8.40. The molecule has 0 aromatic heterocycles. The number of rotatable bonds is 0. The number of hydrogen-bond donors (Lipinski definition) is 1. The van der Waals surface area contributed by atoms with Crippen LogP contribution in [0.4, 0.5) is 0 Å². The van der Waals surface area contributed by atoms with Gasteiger partial charge < -0.3 is 9.84 Å². The highest BCUT2D eigenvalue weighted by Crippen LogP contribution is 2.63. The van der Waals surface area contributed by atoms with E-state index in [1.165, 1.54) is 0 Å². The fraction of sp³-hybridized carbons (Fsp3) is 0.889. The summed E-state index contributed by atoms with van der Waals surface area (Å²) in [6.07, 6.45) is 4.08. The number of aliphatic hydroxyl groups excluding tert-OH is 1. The van der Waals surface area contributed by atoms with Gasteiger partial charge in [0.2, 0.25) is 0 Å². The van der Waals surface area contributed by atoms with Crippen molar-refractivity contribution in [2.45, 2.75) is 43.8 Å². The lowest BCUT2D eigenvalue weighted by Gasteiger charge is -2.28. The average Bonchev–Trinajstić information content (AvgIpc) is 2.78. The van der Waals surface area contributed by atoms with E-state index in [2.05, 4.69) is 0 Å². The molecule has 3 heteroatoms. The molecule has 0 amide bonds. The molecule has 1 aliphatic heterocycles. The first-order valence-electron chi connectivity index (χ1n) is 4.54. The minimum Gasteiger partial charge on any atom is -0.456 e. The van der Waals surface area contributed by atoms with E-state index in [1.54, 1.807) is 0 Å². The van der Waals surface area contributed by atoms with Crippen LogP contribution < -0.4 is 0 Å². The summed E-state index contributed by atoms with van der Waals surface area (Å²) in [7, 11) is 0. The molecule has 0 aromatic rings. The average molecular weight is 168 g/mol. The van der Waals surface area contributed by atoms with Crippen molar-refractivity contribution in [2.24, 2.45) is 5.41 Å². The predicted octanol–water partition coefficient (Wildman–Crippen LogP) is 0.607. The summed E-state index contributed by atoms with van der Waals surface area (Å²) in [5, 5.41) is 9.34. The number of ether oxygens (including phenoxy) is 1. The lowest BCUT2D eigenvalue weighted by molar-refractivity contribution is -0.163. The molecule has 3 fully saturated rings. The molecule has 0 bridgehead atoms. The Morgan fingerprint density at radius 3 is 2.67 bits per heavy atom. The second-order valence-corrected chi connectivity index (χ2v) is 4.61. The van der Waals surface area contributed by atoms with Gasteiger partial charge in [-0.1, -0.05) is 0 Å². The molecule has 12 heavy (non-hydrogen) atoms. The van der Waals surface area contributed by atoms with E-state index in [0.29, 0.717) is 12.8 Å². The first-order valence-corrected chi connectivity index (χ1v) is 4.54. The van der Waals surface area contributed by atoms with Gasteiger partial charge in [0.05, 0.1) is 12.5 Å². The highest BCUT2D eigenvalue weighted by atomic mass is 16.6. The third kappa shape index (κ3) is 0.774. The maximum Gasteiger partial charge on any atom is 0.306 e. The van der Waals surface area contributed by atoms with Crippen molar-refractivity contribution in [3.8, 4) is 0 Å². The topological polar surface area (TPSA) is 46.5 Å². The van der Waals surface area contributed by atoms with Gasteiger partial charge in [-0.05, 0) is 24.7 Å². The van der Waals surface area contributed by atoms with Gasteiger partial charge in [0.1, 0.15) is 5.60 Å². The number of esters is 1. The summed E-state index contributed by atoms with van der Waals surface area (Å²) >= 11 is 0. The molecule has 2 saturated carbocycles. The van der Waals surface area contributed by atoms with E-state index in [9.17, 15) is 9.90 Å². The molecule has 1 N–H and O–H groups in total. The van der Waals surface area contributed by atoms with Crippen LogP contribution >= 0.6 is 0 Å². The maximum atomic E-state index is 11.2. The van der Waals surface area contributed by atoms with Gasteiger partial charge in [-0.15, -0.1) is 0 Å². The van der Waals surface area contributed by atoms with Crippen molar-refractivity contribution in [1.29, 1.82) is 0 Å². The number of carbonyl (C=O) groups is 1. The molecule has 1 unspecified atom stereocenters. The van der Waals surface area contributed by atoms with Crippen LogP contribution in [-0.2, 0) is 9.53 Å². The van der Waals surface area contributed by atoms with Gasteiger partial charge in [0.25, 0.3) is 0 Å². The van der Waals surface area contributed by atoms with Crippen LogP contribution in [0.25, 0.3) is 0 Å². The summed E-state index contributed by atoms with van der Waals surface area (Å²) < 4.78 is 5.18. The van der Waals surface area contributed by atoms with Crippen LogP contribution in [0.1, 0.15) is 32.1 Å². The first kappa shape index (κ1) is 6.89. The van der Waals surface area contributed by atoms with Crippen molar-refractivity contribution in [3.63, 3.8) is 0 Å². The molecular weight excluding hydrogens is 156 g/mol. The predicted molar refractivity (Wildman–Crippen MR) is 40.3 cm³/mol. The molecule has 2 aliphatic carbocycles. The number of carbonyl (C=O) groups excluding carboxylic acids is 1. The van der Waals surface area contributed by atoms with Crippen LogP contribution in [0.3, 0.4) is 0 Å². The Morgan fingerprint density at radius 2 is 2.17 bits per heavy atom. The van der Waals surface area contributed by atoms with Crippen molar-refractivity contribution in [1.82, 2.24) is 0 Å². The molecule has 3 nitrogen and oxygen atoms in total. The number of aliphatic hydroxyl groups is 1. The Labute approximate surface area is 70.7 Å². The minimum absolute atomic E-state index is 0.102.